The molecule has 0 unspecified atom stereocenters. The molecule has 0 saturated heterocycles. The van der Waals surface area contributed by atoms with E-state index < -0.39 is 43.8 Å². The zero-order valence-electron chi connectivity index (χ0n) is 11.4. The van der Waals surface area contributed by atoms with Crippen LogP contribution in [-0.4, -0.2) is 38.9 Å². The molecule has 0 radical (unpaired) electrons. The number of hydrogen-bond donors (Lipinski definition) is 0. The summed E-state index contributed by atoms with van der Waals surface area (Å²) >= 11 is 0. The molecule has 0 aliphatic heterocycles. The van der Waals surface area contributed by atoms with Gasteiger partial charge >= 0.3 is 0 Å². The number of rotatable bonds is 6. The SMILES string of the molecule is CCN(CC)C(=O)COc1ccc(S(=O)(=O)Cl)c(F)c1F. The Kier molecular flexibility index (Phi) is 5.91. The molecule has 118 valence electrons. The number of carbonyl (C=O) groups is 1. The molecule has 21 heavy (non-hydrogen) atoms. The molecule has 1 rings (SSSR count). The maximum Gasteiger partial charge on any atom is 0.264 e. The van der Waals surface area contributed by atoms with E-state index in [1.54, 1.807) is 13.8 Å². The van der Waals surface area contributed by atoms with Gasteiger partial charge in [-0.25, -0.2) is 12.8 Å². The fourth-order valence-electron chi connectivity index (χ4n) is 1.62. The Morgan fingerprint density at radius 1 is 1.24 bits per heavy atom. The van der Waals surface area contributed by atoms with Gasteiger partial charge in [0.25, 0.3) is 15.0 Å². The number of carbonyl (C=O) groups excluding carboxylic acids is 1. The minimum absolute atomic E-state index is 0.395. The summed E-state index contributed by atoms with van der Waals surface area (Å²) < 4.78 is 54.1. The van der Waals surface area contributed by atoms with Crippen LogP contribution in [0.5, 0.6) is 5.75 Å². The van der Waals surface area contributed by atoms with E-state index in [9.17, 15) is 22.0 Å². The van der Waals surface area contributed by atoms with Gasteiger partial charge in [0, 0.05) is 23.8 Å². The number of amides is 1. The van der Waals surface area contributed by atoms with Crippen LogP contribution in [0.3, 0.4) is 0 Å². The second kappa shape index (κ2) is 7.04. The summed E-state index contributed by atoms with van der Waals surface area (Å²) in [6.07, 6.45) is 0. The molecule has 0 heterocycles. The maximum absolute atomic E-state index is 13.7. The Balaban J connectivity index is 2.92. The molecule has 9 heteroatoms. The van der Waals surface area contributed by atoms with Crippen LogP contribution in [0.25, 0.3) is 0 Å². The Bertz CT molecular complexity index is 632. The van der Waals surface area contributed by atoms with Crippen LogP contribution in [0.2, 0.25) is 0 Å². The maximum atomic E-state index is 13.7. The van der Waals surface area contributed by atoms with Gasteiger partial charge in [-0.1, -0.05) is 0 Å². The van der Waals surface area contributed by atoms with Gasteiger partial charge in [-0.15, -0.1) is 0 Å². The summed E-state index contributed by atoms with van der Waals surface area (Å²) in [5.41, 5.74) is 0. The second-order valence-corrected chi connectivity index (χ2v) is 6.52. The summed E-state index contributed by atoms with van der Waals surface area (Å²) in [6, 6.07) is 1.68. The Morgan fingerprint density at radius 3 is 2.29 bits per heavy atom. The third kappa shape index (κ3) is 4.28. The first-order valence-corrected chi connectivity index (χ1v) is 8.36. The zero-order chi connectivity index (χ0) is 16.2. The van der Waals surface area contributed by atoms with Crippen LogP contribution in [0, 0.1) is 11.6 Å². The number of likely N-dealkylation sites (N-methyl/N-ethyl adjacent to an activating group) is 1. The second-order valence-electron chi connectivity index (χ2n) is 3.98. The molecule has 1 aromatic rings. The Morgan fingerprint density at radius 2 is 1.81 bits per heavy atom. The van der Waals surface area contributed by atoms with Crippen molar-refractivity contribution >= 4 is 25.6 Å². The van der Waals surface area contributed by atoms with Crippen molar-refractivity contribution in [3.8, 4) is 5.75 Å². The first-order valence-electron chi connectivity index (χ1n) is 6.05. The normalized spacial score (nSPS) is 11.3. The smallest absolute Gasteiger partial charge is 0.264 e. The lowest BCUT2D eigenvalue weighted by Crippen LogP contribution is -2.34. The predicted octanol–water partition coefficient (Wildman–Crippen LogP) is 2.14. The number of ether oxygens (including phenoxy) is 1. The van der Waals surface area contributed by atoms with Gasteiger partial charge in [0.05, 0.1) is 0 Å². The molecule has 0 aliphatic carbocycles. The number of benzene rings is 1. The molecule has 0 atom stereocenters. The minimum atomic E-state index is -4.40. The van der Waals surface area contributed by atoms with E-state index in [2.05, 4.69) is 0 Å². The summed E-state index contributed by atoms with van der Waals surface area (Å²) in [7, 11) is 0.560. The van der Waals surface area contributed by atoms with Crippen molar-refractivity contribution in [2.75, 3.05) is 19.7 Å². The van der Waals surface area contributed by atoms with Crippen molar-refractivity contribution < 1.29 is 26.7 Å². The quantitative estimate of drug-likeness (QED) is 0.744. The third-order valence-electron chi connectivity index (χ3n) is 2.74. The highest BCUT2D eigenvalue weighted by Crippen LogP contribution is 2.27. The Hall–Kier alpha value is -1.41. The van der Waals surface area contributed by atoms with Gasteiger partial charge in [-0.05, 0) is 26.0 Å². The van der Waals surface area contributed by atoms with Gasteiger partial charge in [-0.2, -0.15) is 4.39 Å². The summed E-state index contributed by atoms with van der Waals surface area (Å²) in [4.78, 5) is 12.1. The van der Waals surface area contributed by atoms with E-state index >= 15 is 0 Å². The fourth-order valence-corrected chi connectivity index (χ4v) is 2.51. The monoisotopic (exact) mass is 341 g/mol. The molecule has 1 amide bonds. The van der Waals surface area contributed by atoms with Gasteiger partial charge < -0.3 is 9.64 Å². The summed E-state index contributed by atoms with van der Waals surface area (Å²) in [5, 5.41) is 0. The molecule has 5 nitrogen and oxygen atoms in total. The van der Waals surface area contributed by atoms with Crippen LogP contribution in [0.1, 0.15) is 13.8 Å². The summed E-state index contributed by atoms with van der Waals surface area (Å²) in [6.45, 7) is 3.96. The summed E-state index contributed by atoms with van der Waals surface area (Å²) in [5.74, 6) is -4.10. The molecule has 0 bridgehead atoms. The van der Waals surface area contributed by atoms with E-state index in [4.69, 9.17) is 15.4 Å². The molecular formula is C12H14ClF2NO4S. The number of hydrogen-bond acceptors (Lipinski definition) is 4. The molecule has 0 aromatic heterocycles. The van der Waals surface area contributed by atoms with Gasteiger partial charge in [0.15, 0.2) is 18.2 Å². The van der Waals surface area contributed by atoms with E-state index in [1.165, 1.54) is 4.90 Å². The van der Waals surface area contributed by atoms with E-state index in [-0.39, 0.29) is 0 Å². The van der Waals surface area contributed by atoms with Crippen LogP contribution in [0.15, 0.2) is 17.0 Å². The van der Waals surface area contributed by atoms with Crippen molar-refractivity contribution in [3.05, 3.63) is 23.8 Å². The zero-order valence-corrected chi connectivity index (χ0v) is 13.0. The average molecular weight is 342 g/mol. The molecule has 0 fully saturated rings. The lowest BCUT2D eigenvalue weighted by Gasteiger charge is -2.18. The number of nitrogens with zero attached hydrogens (tertiary/aromatic N) is 1. The van der Waals surface area contributed by atoms with Gasteiger partial charge in [0.2, 0.25) is 5.82 Å². The number of halogens is 3. The van der Waals surface area contributed by atoms with Gasteiger partial charge in [-0.3, -0.25) is 4.79 Å². The highest BCUT2D eigenvalue weighted by Gasteiger charge is 2.23. The highest BCUT2D eigenvalue weighted by atomic mass is 35.7. The topological polar surface area (TPSA) is 63.7 Å². The van der Waals surface area contributed by atoms with Crippen LogP contribution in [-0.2, 0) is 13.8 Å². The first kappa shape index (κ1) is 17.6. The van der Waals surface area contributed by atoms with Crippen LogP contribution >= 0.6 is 10.7 Å². The average Bonchev–Trinajstić information content (AvgIpc) is 2.40. The molecule has 0 saturated carbocycles. The lowest BCUT2D eigenvalue weighted by atomic mass is 10.3. The van der Waals surface area contributed by atoms with E-state index in [0.717, 1.165) is 12.1 Å². The van der Waals surface area contributed by atoms with Crippen molar-refractivity contribution in [1.29, 1.82) is 0 Å². The van der Waals surface area contributed by atoms with Crippen molar-refractivity contribution in [3.63, 3.8) is 0 Å². The van der Waals surface area contributed by atoms with Crippen LogP contribution < -0.4 is 4.74 Å². The third-order valence-corrected chi connectivity index (χ3v) is 4.08. The van der Waals surface area contributed by atoms with Crippen molar-refractivity contribution in [2.45, 2.75) is 18.7 Å². The van der Waals surface area contributed by atoms with E-state index in [0.29, 0.717) is 13.1 Å². The molecular weight excluding hydrogens is 328 g/mol. The predicted molar refractivity (Wildman–Crippen MR) is 72.8 cm³/mol. The minimum Gasteiger partial charge on any atom is -0.481 e. The molecule has 0 N–H and O–H groups in total. The molecule has 0 spiro atoms. The Labute approximate surface area is 125 Å². The standard InChI is InChI=1S/C12H14ClF2NO4S/c1-3-16(4-2)10(17)7-20-8-5-6-9(21(13,18)19)12(15)11(8)14/h5-6H,3-4,7H2,1-2H3. The van der Waals surface area contributed by atoms with E-state index in [1.807, 2.05) is 0 Å². The fraction of sp³-hybridized carbons (Fsp3) is 0.417. The van der Waals surface area contributed by atoms with Crippen molar-refractivity contribution in [1.82, 2.24) is 4.90 Å². The molecule has 1 aromatic carbocycles. The lowest BCUT2D eigenvalue weighted by molar-refractivity contribution is -0.133. The van der Waals surface area contributed by atoms with Crippen LogP contribution in [0.4, 0.5) is 8.78 Å². The highest BCUT2D eigenvalue weighted by molar-refractivity contribution is 8.13. The largest absolute Gasteiger partial charge is 0.481 e. The van der Waals surface area contributed by atoms with Crippen molar-refractivity contribution in [2.24, 2.45) is 0 Å². The van der Waals surface area contributed by atoms with Gasteiger partial charge in [0.1, 0.15) is 4.90 Å². The molecule has 0 aliphatic rings. The first-order chi connectivity index (χ1) is 9.72.